The van der Waals surface area contributed by atoms with Crippen LogP contribution in [0, 0.1) is 12.3 Å². The van der Waals surface area contributed by atoms with E-state index in [1.54, 1.807) is 0 Å². The van der Waals surface area contributed by atoms with E-state index < -0.39 is 0 Å². The van der Waals surface area contributed by atoms with Crippen LogP contribution in [0.1, 0.15) is 43.5 Å². The Hall–Kier alpha value is -1.72. The average Bonchev–Trinajstić information content (AvgIpc) is 2.89. The van der Waals surface area contributed by atoms with E-state index in [1.165, 1.54) is 11.1 Å². The second-order valence-electron chi connectivity index (χ2n) is 8.28. The molecule has 2 heterocycles. The summed E-state index contributed by atoms with van der Waals surface area (Å²) in [5.74, 6) is 1.95. The number of benzene rings is 1. The summed E-state index contributed by atoms with van der Waals surface area (Å²) in [6.45, 7) is 12.9. The highest BCUT2D eigenvalue weighted by atomic mass is 15.3. The molecule has 0 saturated heterocycles. The predicted molar refractivity (Wildman–Crippen MR) is 101 cm³/mol. The first-order chi connectivity index (χ1) is 11.8. The van der Waals surface area contributed by atoms with Crippen molar-refractivity contribution in [1.82, 2.24) is 25.0 Å². The van der Waals surface area contributed by atoms with E-state index in [0.717, 1.165) is 44.2 Å². The number of rotatable bonds is 5. The van der Waals surface area contributed by atoms with Crippen LogP contribution >= 0.6 is 0 Å². The van der Waals surface area contributed by atoms with E-state index in [1.807, 2.05) is 14.0 Å². The molecule has 0 radical (unpaired) electrons. The average molecular weight is 342 g/mol. The van der Waals surface area contributed by atoms with Crippen molar-refractivity contribution in [3.8, 4) is 0 Å². The first-order valence-corrected chi connectivity index (χ1v) is 9.22. The van der Waals surface area contributed by atoms with Crippen molar-refractivity contribution in [3.63, 3.8) is 0 Å². The molecule has 0 unspecified atom stereocenters. The first-order valence-electron chi connectivity index (χ1n) is 9.22. The summed E-state index contributed by atoms with van der Waals surface area (Å²) in [7, 11) is 2.03. The van der Waals surface area contributed by atoms with Crippen molar-refractivity contribution in [2.45, 2.75) is 53.2 Å². The van der Waals surface area contributed by atoms with E-state index in [-0.39, 0.29) is 5.41 Å². The Bertz CT molecular complexity index is 713. The van der Waals surface area contributed by atoms with Gasteiger partial charge in [-0.1, -0.05) is 45.0 Å². The molecule has 1 aromatic carbocycles. The predicted octanol–water partition coefficient (Wildman–Crippen LogP) is 2.69. The Labute approximate surface area is 151 Å². The van der Waals surface area contributed by atoms with Crippen molar-refractivity contribution in [2.24, 2.45) is 12.5 Å². The van der Waals surface area contributed by atoms with Crippen LogP contribution in [0.2, 0.25) is 0 Å². The van der Waals surface area contributed by atoms with Gasteiger partial charge in [0.15, 0.2) is 0 Å². The van der Waals surface area contributed by atoms with Crippen LogP contribution in [0.25, 0.3) is 0 Å². The molecule has 2 aromatic rings. The van der Waals surface area contributed by atoms with Gasteiger partial charge in [-0.05, 0) is 29.9 Å². The fourth-order valence-corrected chi connectivity index (χ4v) is 3.43. The number of aromatic nitrogens is 3. The quantitative estimate of drug-likeness (QED) is 0.908. The van der Waals surface area contributed by atoms with Gasteiger partial charge >= 0.3 is 0 Å². The standard InChI is InChI=1S/C20H31N5/c1-15-22-23-19(24(15)5)12-21-18(20(2,3)4)14-25-11-10-16-8-6-7-9-17(16)13-25/h6-9,18,21H,10-14H2,1-5H3/t18-/m1/s1. The third-order valence-electron chi connectivity index (χ3n) is 5.39. The highest BCUT2D eigenvalue weighted by Gasteiger charge is 2.28. The molecule has 0 aliphatic carbocycles. The molecule has 3 rings (SSSR count). The molecular weight excluding hydrogens is 310 g/mol. The van der Waals surface area contributed by atoms with Crippen LogP contribution in [0.4, 0.5) is 0 Å². The summed E-state index contributed by atoms with van der Waals surface area (Å²) in [6.07, 6.45) is 1.15. The molecule has 1 N–H and O–H groups in total. The van der Waals surface area contributed by atoms with Crippen molar-refractivity contribution < 1.29 is 0 Å². The Kier molecular flexibility index (Phi) is 5.25. The lowest BCUT2D eigenvalue weighted by atomic mass is 9.85. The van der Waals surface area contributed by atoms with Gasteiger partial charge < -0.3 is 9.88 Å². The van der Waals surface area contributed by atoms with Gasteiger partial charge in [-0.15, -0.1) is 10.2 Å². The molecule has 1 aromatic heterocycles. The van der Waals surface area contributed by atoms with E-state index >= 15 is 0 Å². The van der Waals surface area contributed by atoms with Gasteiger partial charge in [-0.25, -0.2) is 0 Å². The lowest BCUT2D eigenvalue weighted by molar-refractivity contribution is 0.160. The summed E-state index contributed by atoms with van der Waals surface area (Å²) in [5.41, 5.74) is 3.17. The highest BCUT2D eigenvalue weighted by molar-refractivity contribution is 5.29. The normalized spacial score (nSPS) is 16.7. The van der Waals surface area contributed by atoms with Gasteiger partial charge in [-0.2, -0.15) is 0 Å². The molecule has 5 heteroatoms. The molecular formula is C20H31N5. The lowest BCUT2D eigenvalue weighted by Gasteiger charge is -2.38. The monoisotopic (exact) mass is 341 g/mol. The molecule has 0 bridgehead atoms. The minimum Gasteiger partial charge on any atom is -0.317 e. The maximum Gasteiger partial charge on any atom is 0.146 e. The van der Waals surface area contributed by atoms with Crippen LogP contribution in [0.3, 0.4) is 0 Å². The highest BCUT2D eigenvalue weighted by Crippen LogP contribution is 2.24. The summed E-state index contributed by atoms with van der Waals surface area (Å²) in [6, 6.07) is 9.23. The zero-order chi connectivity index (χ0) is 18.0. The smallest absolute Gasteiger partial charge is 0.146 e. The molecule has 0 amide bonds. The van der Waals surface area contributed by atoms with Crippen LogP contribution in [-0.2, 0) is 26.6 Å². The molecule has 1 aliphatic rings. The Balaban J connectivity index is 1.65. The molecule has 136 valence electrons. The number of nitrogens with zero attached hydrogens (tertiary/aromatic N) is 4. The minimum absolute atomic E-state index is 0.185. The van der Waals surface area contributed by atoms with Gasteiger partial charge in [0, 0.05) is 32.7 Å². The Morgan fingerprint density at radius 3 is 2.52 bits per heavy atom. The second kappa shape index (κ2) is 7.26. The number of aryl methyl sites for hydroxylation is 1. The van der Waals surface area contributed by atoms with Crippen molar-refractivity contribution >= 4 is 0 Å². The van der Waals surface area contributed by atoms with E-state index in [0.29, 0.717) is 6.04 Å². The van der Waals surface area contributed by atoms with Crippen molar-refractivity contribution in [1.29, 1.82) is 0 Å². The zero-order valence-electron chi connectivity index (χ0n) is 16.2. The van der Waals surface area contributed by atoms with Crippen molar-refractivity contribution in [3.05, 3.63) is 47.0 Å². The van der Waals surface area contributed by atoms with Crippen LogP contribution in [-0.4, -0.2) is 38.8 Å². The van der Waals surface area contributed by atoms with Crippen molar-refractivity contribution in [2.75, 3.05) is 13.1 Å². The maximum absolute atomic E-state index is 4.28. The summed E-state index contributed by atoms with van der Waals surface area (Å²) in [5, 5.41) is 12.2. The Morgan fingerprint density at radius 1 is 1.16 bits per heavy atom. The van der Waals surface area contributed by atoms with E-state index in [4.69, 9.17) is 0 Å². The second-order valence-corrected chi connectivity index (χ2v) is 8.28. The van der Waals surface area contributed by atoms with Gasteiger partial charge in [-0.3, -0.25) is 4.90 Å². The minimum atomic E-state index is 0.185. The third-order valence-corrected chi connectivity index (χ3v) is 5.39. The van der Waals surface area contributed by atoms with Crippen LogP contribution < -0.4 is 5.32 Å². The van der Waals surface area contributed by atoms with E-state index in [9.17, 15) is 0 Å². The number of hydrogen-bond donors (Lipinski definition) is 1. The molecule has 25 heavy (non-hydrogen) atoms. The number of hydrogen-bond acceptors (Lipinski definition) is 4. The molecule has 0 saturated carbocycles. The fraction of sp³-hybridized carbons (Fsp3) is 0.600. The summed E-state index contributed by atoms with van der Waals surface area (Å²) >= 11 is 0. The van der Waals surface area contributed by atoms with Gasteiger partial charge in [0.25, 0.3) is 0 Å². The number of fused-ring (bicyclic) bond motifs is 1. The number of nitrogens with one attached hydrogen (secondary N) is 1. The zero-order valence-corrected chi connectivity index (χ0v) is 16.2. The fourth-order valence-electron chi connectivity index (χ4n) is 3.43. The maximum atomic E-state index is 4.28. The molecule has 0 fully saturated rings. The van der Waals surface area contributed by atoms with Crippen LogP contribution in [0.15, 0.2) is 24.3 Å². The third kappa shape index (κ3) is 4.28. The largest absolute Gasteiger partial charge is 0.317 e. The SMILES string of the molecule is Cc1nnc(CN[C@H](CN2CCc3ccccc3C2)C(C)(C)C)n1C. The molecule has 5 nitrogen and oxygen atoms in total. The molecule has 1 atom stereocenters. The summed E-state index contributed by atoms with van der Waals surface area (Å²) < 4.78 is 2.06. The topological polar surface area (TPSA) is 46.0 Å². The van der Waals surface area contributed by atoms with Gasteiger partial charge in [0.2, 0.25) is 0 Å². The summed E-state index contributed by atoms with van der Waals surface area (Å²) in [4.78, 5) is 2.58. The lowest BCUT2D eigenvalue weighted by Crippen LogP contribution is -2.49. The van der Waals surface area contributed by atoms with E-state index in [2.05, 4.69) is 70.0 Å². The van der Waals surface area contributed by atoms with Gasteiger partial charge in [0.1, 0.15) is 11.6 Å². The van der Waals surface area contributed by atoms with Crippen LogP contribution in [0.5, 0.6) is 0 Å². The molecule has 1 aliphatic heterocycles. The molecule has 0 spiro atoms. The van der Waals surface area contributed by atoms with Gasteiger partial charge in [0.05, 0.1) is 6.54 Å². The first kappa shape index (κ1) is 18.1. The Morgan fingerprint density at radius 2 is 1.88 bits per heavy atom.